The number of benzene rings is 1. The summed E-state index contributed by atoms with van der Waals surface area (Å²) in [6.45, 7) is 1.83. The highest BCUT2D eigenvalue weighted by Gasteiger charge is 2.65. The monoisotopic (exact) mass is 273 g/mol. The van der Waals surface area contributed by atoms with Gasteiger partial charge in [0.05, 0.1) is 29.2 Å². The predicted molar refractivity (Wildman–Crippen MR) is 68.3 cm³/mol. The Morgan fingerprint density at radius 1 is 1.20 bits per heavy atom. The minimum atomic E-state index is -0.698. The molecule has 20 heavy (non-hydrogen) atoms. The standard InChI is InChI=1S/C15H12FNO3/c1-15-7-6-10(20-15)11-12(15)14(19)17(13(11)18)9-4-2-8(16)3-5-9/h2-7,10-12H,1H3/t10-,11-,12+,15+/m0/s1. The molecule has 4 rings (SSSR count). The van der Waals surface area contributed by atoms with Crippen LogP contribution in [0.1, 0.15) is 6.92 Å². The molecule has 3 aliphatic heterocycles. The molecule has 2 saturated heterocycles. The summed E-state index contributed by atoms with van der Waals surface area (Å²) < 4.78 is 18.7. The summed E-state index contributed by atoms with van der Waals surface area (Å²) in [6.07, 6.45) is 3.38. The van der Waals surface area contributed by atoms with Gasteiger partial charge in [-0.1, -0.05) is 12.2 Å². The molecule has 2 bridgehead atoms. The lowest BCUT2D eigenvalue weighted by Crippen LogP contribution is -2.38. The van der Waals surface area contributed by atoms with Crippen LogP contribution in [0, 0.1) is 17.7 Å². The minimum absolute atomic E-state index is 0.260. The van der Waals surface area contributed by atoms with E-state index in [2.05, 4.69) is 0 Å². The molecule has 2 amide bonds. The molecule has 5 heteroatoms. The third-order valence-electron chi connectivity index (χ3n) is 4.41. The van der Waals surface area contributed by atoms with Crippen molar-refractivity contribution in [3.63, 3.8) is 0 Å². The molecule has 0 spiro atoms. The Morgan fingerprint density at radius 3 is 2.55 bits per heavy atom. The van der Waals surface area contributed by atoms with Crippen LogP contribution in [0.4, 0.5) is 10.1 Å². The van der Waals surface area contributed by atoms with Gasteiger partial charge in [-0.3, -0.25) is 9.59 Å². The van der Waals surface area contributed by atoms with Crippen LogP contribution in [0.5, 0.6) is 0 Å². The third kappa shape index (κ3) is 1.28. The van der Waals surface area contributed by atoms with E-state index in [1.807, 2.05) is 19.1 Å². The average Bonchev–Trinajstić information content (AvgIpc) is 3.01. The summed E-state index contributed by atoms with van der Waals surface area (Å²) in [7, 11) is 0. The van der Waals surface area contributed by atoms with Crippen LogP contribution in [0.15, 0.2) is 36.4 Å². The number of anilines is 1. The second-order valence-corrected chi connectivity index (χ2v) is 5.62. The number of carbonyl (C=O) groups excluding carboxylic acids is 2. The van der Waals surface area contributed by atoms with Crippen molar-refractivity contribution in [2.75, 3.05) is 4.90 Å². The van der Waals surface area contributed by atoms with E-state index in [4.69, 9.17) is 4.74 Å². The molecule has 0 aliphatic carbocycles. The predicted octanol–water partition coefficient (Wildman–Crippen LogP) is 1.66. The van der Waals surface area contributed by atoms with Crippen molar-refractivity contribution < 1.29 is 18.7 Å². The van der Waals surface area contributed by atoms with Crippen LogP contribution in [0.25, 0.3) is 0 Å². The van der Waals surface area contributed by atoms with Gasteiger partial charge in [-0.05, 0) is 31.2 Å². The maximum absolute atomic E-state index is 13.0. The normalized spacial score (nSPS) is 37.9. The van der Waals surface area contributed by atoms with Gasteiger partial charge in [-0.25, -0.2) is 9.29 Å². The molecule has 3 heterocycles. The van der Waals surface area contributed by atoms with Crippen molar-refractivity contribution in [3.05, 3.63) is 42.2 Å². The maximum Gasteiger partial charge on any atom is 0.241 e. The molecule has 1 aromatic rings. The van der Waals surface area contributed by atoms with Gasteiger partial charge in [0.15, 0.2) is 0 Å². The first-order valence-corrected chi connectivity index (χ1v) is 6.52. The van der Waals surface area contributed by atoms with Crippen LogP contribution >= 0.6 is 0 Å². The second-order valence-electron chi connectivity index (χ2n) is 5.62. The first-order valence-electron chi connectivity index (χ1n) is 6.52. The quantitative estimate of drug-likeness (QED) is 0.577. The van der Waals surface area contributed by atoms with Crippen LogP contribution < -0.4 is 4.90 Å². The molecule has 0 radical (unpaired) electrons. The minimum Gasteiger partial charge on any atom is -0.362 e. The van der Waals surface area contributed by atoms with E-state index < -0.39 is 23.3 Å². The van der Waals surface area contributed by atoms with Crippen LogP contribution in [0.3, 0.4) is 0 Å². The number of fused-ring (bicyclic) bond motifs is 5. The molecule has 0 aromatic heterocycles. The number of hydrogen-bond donors (Lipinski definition) is 0. The van der Waals surface area contributed by atoms with E-state index in [1.54, 1.807) is 0 Å². The largest absolute Gasteiger partial charge is 0.362 e. The lowest BCUT2D eigenvalue weighted by Gasteiger charge is -2.24. The van der Waals surface area contributed by atoms with Gasteiger partial charge in [0, 0.05) is 0 Å². The zero-order valence-electron chi connectivity index (χ0n) is 10.7. The van der Waals surface area contributed by atoms with E-state index in [-0.39, 0.29) is 17.9 Å². The zero-order valence-corrected chi connectivity index (χ0v) is 10.7. The highest BCUT2D eigenvalue weighted by atomic mass is 19.1. The Morgan fingerprint density at radius 2 is 1.90 bits per heavy atom. The first-order chi connectivity index (χ1) is 9.51. The number of hydrogen-bond acceptors (Lipinski definition) is 3. The second kappa shape index (κ2) is 3.55. The van der Waals surface area contributed by atoms with Crippen LogP contribution in [-0.2, 0) is 14.3 Å². The molecular formula is C15H12FNO3. The molecule has 1 aromatic carbocycles. The molecule has 102 valence electrons. The highest BCUT2D eigenvalue weighted by Crippen LogP contribution is 2.52. The van der Waals surface area contributed by atoms with Crippen molar-refractivity contribution in [1.82, 2.24) is 0 Å². The van der Waals surface area contributed by atoms with Crippen LogP contribution in [-0.4, -0.2) is 23.5 Å². The van der Waals surface area contributed by atoms with Gasteiger partial charge in [0.25, 0.3) is 0 Å². The van der Waals surface area contributed by atoms with Crippen LogP contribution in [0.2, 0.25) is 0 Å². The summed E-state index contributed by atoms with van der Waals surface area (Å²) in [5.41, 5.74) is -0.282. The molecule has 2 fully saturated rings. The molecule has 4 atom stereocenters. The van der Waals surface area contributed by atoms with Gasteiger partial charge in [-0.15, -0.1) is 0 Å². The van der Waals surface area contributed by atoms with Crippen molar-refractivity contribution >= 4 is 17.5 Å². The molecule has 4 nitrogen and oxygen atoms in total. The number of halogens is 1. The lowest BCUT2D eigenvalue weighted by atomic mass is 9.78. The molecule has 0 saturated carbocycles. The number of imide groups is 1. The van der Waals surface area contributed by atoms with Crippen molar-refractivity contribution in [3.8, 4) is 0 Å². The number of ether oxygens (including phenoxy) is 1. The first kappa shape index (κ1) is 11.8. The summed E-state index contributed by atoms with van der Waals surface area (Å²) >= 11 is 0. The van der Waals surface area contributed by atoms with Gasteiger partial charge >= 0.3 is 0 Å². The maximum atomic E-state index is 13.0. The van der Waals surface area contributed by atoms with Crippen molar-refractivity contribution in [2.45, 2.75) is 18.6 Å². The lowest BCUT2D eigenvalue weighted by molar-refractivity contribution is -0.126. The van der Waals surface area contributed by atoms with E-state index >= 15 is 0 Å². The summed E-state index contributed by atoms with van der Waals surface area (Å²) in [4.78, 5) is 26.2. The molecular weight excluding hydrogens is 261 g/mol. The number of carbonyl (C=O) groups is 2. The third-order valence-corrected chi connectivity index (χ3v) is 4.41. The SMILES string of the molecule is C[C@]12C=C[C@H](O1)[C@@H]1C(=O)N(c3ccc(F)cc3)C(=O)[C@@H]12. The summed E-state index contributed by atoms with van der Waals surface area (Å²) in [6, 6.07) is 5.39. The molecule has 0 N–H and O–H groups in total. The fourth-order valence-corrected chi connectivity index (χ4v) is 3.50. The fraction of sp³-hybridized carbons (Fsp3) is 0.333. The number of rotatable bonds is 1. The Hall–Kier alpha value is -2.01. The topological polar surface area (TPSA) is 46.6 Å². The molecule has 3 aliphatic rings. The average molecular weight is 273 g/mol. The van der Waals surface area contributed by atoms with Gasteiger partial charge < -0.3 is 4.74 Å². The van der Waals surface area contributed by atoms with Gasteiger partial charge in [0.2, 0.25) is 11.8 Å². The highest BCUT2D eigenvalue weighted by molar-refractivity contribution is 6.23. The van der Waals surface area contributed by atoms with Gasteiger partial charge in [-0.2, -0.15) is 0 Å². The van der Waals surface area contributed by atoms with E-state index in [1.165, 1.54) is 24.3 Å². The fourth-order valence-electron chi connectivity index (χ4n) is 3.50. The Labute approximate surface area is 114 Å². The number of amides is 2. The summed E-state index contributed by atoms with van der Waals surface area (Å²) in [5, 5.41) is 0. The smallest absolute Gasteiger partial charge is 0.241 e. The Kier molecular flexibility index (Phi) is 2.09. The number of nitrogens with zero attached hydrogens (tertiary/aromatic N) is 1. The van der Waals surface area contributed by atoms with E-state index in [9.17, 15) is 14.0 Å². The van der Waals surface area contributed by atoms with Crippen molar-refractivity contribution in [2.24, 2.45) is 11.8 Å². The zero-order chi connectivity index (χ0) is 14.1. The Bertz CT molecular complexity index is 654. The van der Waals surface area contributed by atoms with Crippen molar-refractivity contribution in [1.29, 1.82) is 0 Å². The molecule has 0 unspecified atom stereocenters. The Balaban J connectivity index is 1.77. The van der Waals surface area contributed by atoms with Gasteiger partial charge in [0.1, 0.15) is 5.82 Å². The van der Waals surface area contributed by atoms with E-state index in [0.717, 1.165) is 4.90 Å². The summed E-state index contributed by atoms with van der Waals surface area (Å²) in [5.74, 6) is -1.85. The van der Waals surface area contributed by atoms with E-state index in [0.29, 0.717) is 5.69 Å².